The highest BCUT2D eigenvalue weighted by molar-refractivity contribution is 5.66. The fraction of sp³-hybridized carbons (Fsp3) is 0.909. The van der Waals surface area contributed by atoms with Crippen molar-refractivity contribution in [2.75, 3.05) is 0 Å². The molecule has 15 heavy (non-hydrogen) atoms. The first-order chi connectivity index (χ1) is 6.84. The molecule has 1 aliphatic rings. The summed E-state index contributed by atoms with van der Waals surface area (Å²) in [6, 6.07) is 0.495. The molecule has 0 amide bonds. The van der Waals surface area contributed by atoms with E-state index in [1.165, 1.54) is 0 Å². The molecule has 4 heteroatoms. The molecule has 1 saturated carbocycles. The lowest BCUT2D eigenvalue weighted by molar-refractivity contribution is -0.137. The minimum Gasteiger partial charge on any atom is -0.481 e. The van der Waals surface area contributed by atoms with Crippen LogP contribution in [0.5, 0.6) is 0 Å². The van der Waals surface area contributed by atoms with Crippen LogP contribution in [0.25, 0.3) is 0 Å². The van der Waals surface area contributed by atoms with Gasteiger partial charge in [0.1, 0.15) is 0 Å². The van der Waals surface area contributed by atoms with Gasteiger partial charge >= 0.3 is 5.97 Å². The third-order valence-corrected chi connectivity index (χ3v) is 3.49. The molecule has 3 N–H and O–H groups in total. The molecule has 4 nitrogen and oxygen atoms in total. The molecule has 0 radical (unpaired) electrons. The highest BCUT2D eigenvalue weighted by Crippen LogP contribution is 2.40. The van der Waals surface area contributed by atoms with E-state index in [1.54, 1.807) is 0 Å². The van der Waals surface area contributed by atoms with Crippen LogP contribution in [0.3, 0.4) is 0 Å². The van der Waals surface area contributed by atoms with Crippen molar-refractivity contribution in [3.8, 4) is 0 Å². The van der Waals surface area contributed by atoms with Gasteiger partial charge in [-0.2, -0.15) is 0 Å². The Morgan fingerprint density at radius 2 is 2.20 bits per heavy atom. The average Bonchev–Trinajstić information content (AvgIpc) is 2.14. The van der Waals surface area contributed by atoms with Gasteiger partial charge in [-0.05, 0) is 19.8 Å². The summed E-state index contributed by atoms with van der Waals surface area (Å²) in [5.41, 5.74) is -0.0858. The molecule has 0 aromatic carbocycles. The zero-order chi connectivity index (χ0) is 11.6. The molecule has 1 fully saturated rings. The lowest BCUT2D eigenvalue weighted by Gasteiger charge is -2.50. The SMILES string of the molecule is CC(CCC(=O)O)NC1CC(O)C1(C)C. The second-order valence-corrected chi connectivity index (χ2v) is 5.13. The fourth-order valence-electron chi connectivity index (χ4n) is 1.95. The van der Waals surface area contributed by atoms with E-state index in [2.05, 4.69) is 5.32 Å². The number of hydrogen-bond acceptors (Lipinski definition) is 3. The summed E-state index contributed by atoms with van der Waals surface area (Å²) in [6.07, 6.45) is 1.37. The van der Waals surface area contributed by atoms with Gasteiger partial charge in [0.05, 0.1) is 6.10 Å². The summed E-state index contributed by atoms with van der Waals surface area (Å²) in [5.74, 6) is -0.753. The van der Waals surface area contributed by atoms with E-state index in [-0.39, 0.29) is 24.0 Å². The third kappa shape index (κ3) is 2.92. The molecule has 0 bridgehead atoms. The van der Waals surface area contributed by atoms with Gasteiger partial charge in [-0.15, -0.1) is 0 Å². The van der Waals surface area contributed by atoms with Gasteiger partial charge in [-0.25, -0.2) is 0 Å². The maximum absolute atomic E-state index is 10.4. The van der Waals surface area contributed by atoms with Crippen LogP contribution in [0.2, 0.25) is 0 Å². The zero-order valence-electron chi connectivity index (χ0n) is 9.66. The fourth-order valence-corrected chi connectivity index (χ4v) is 1.95. The highest BCUT2D eigenvalue weighted by Gasteiger charge is 2.47. The summed E-state index contributed by atoms with van der Waals surface area (Å²) in [4.78, 5) is 10.4. The molecule has 88 valence electrons. The average molecular weight is 215 g/mol. The van der Waals surface area contributed by atoms with E-state index in [1.807, 2.05) is 20.8 Å². The van der Waals surface area contributed by atoms with Crippen LogP contribution in [0.1, 0.15) is 40.0 Å². The Morgan fingerprint density at radius 1 is 1.60 bits per heavy atom. The molecular formula is C11H21NO3. The number of carbonyl (C=O) groups is 1. The van der Waals surface area contributed by atoms with Crippen LogP contribution in [0.15, 0.2) is 0 Å². The molecule has 0 heterocycles. The standard InChI is InChI=1S/C11H21NO3/c1-7(4-5-10(14)15)12-8-6-9(13)11(8,2)3/h7-9,12-13H,4-6H2,1-3H3,(H,14,15). The molecule has 0 aromatic rings. The van der Waals surface area contributed by atoms with Crippen molar-refractivity contribution < 1.29 is 15.0 Å². The van der Waals surface area contributed by atoms with Crippen molar-refractivity contribution in [1.82, 2.24) is 5.32 Å². The molecule has 1 rings (SSSR count). The van der Waals surface area contributed by atoms with E-state index in [0.29, 0.717) is 12.5 Å². The van der Waals surface area contributed by atoms with Gasteiger partial charge < -0.3 is 15.5 Å². The van der Waals surface area contributed by atoms with Gasteiger partial charge in [0.15, 0.2) is 0 Å². The minimum atomic E-state index is -0.753. The Kier molecular flexibility index (Phi) is 3.73. The molecule has 0 spiro atoms. The highest BCUT2D eigenvalue weighted by atomic mass is 16.4. The molecule has 3 atom stereocenters. The summed E-state index contributed by atoms with van der Waals surface area (Å²) in [7, 11) is 0. The Labute approximate surface area is 90.7 Å². The number of carboxylic acid groups (broad SMARTS) is 1. The molecular weight excluding hydrogens is 194 g/mol. The van der Waals surface area contributed by atoms with Crippen molar-refractivity contribution in [3.05, 3.63) is 0 Å². The van der Waals surface area contributed by atoms with Crippen LogP contribution in [0, 0.1) is 5.41 Å². The maximum atomic E-state index is 10.4. The Bertz CT molecular complexity index is 240. The first-order valence-electron chi connectivity index (χ1n) is 5.50. The summed E-state index contributed by atoms with van der Waals surface area (Å²) < 4.78 is 0. The Hall–Kier alpha value is -0.610. The second kappa shape index (κ2) is 4.49. The molecule has 0 saturated heterocycles. The summed E-state index contributed by atoms with van der Waals surface area (Å²) >= 11 is 0. The van der Waals surface area contributed by atoms with E-state index >= 15 is 0 Å². The smallest absolute Gasteiger partial charge is 0.303 e. The predicted octanol–water partition coefficient (Wildman–Crippen LogP) is 0.989. The lowest BCUT2D eigenvalue weighted by atomic mass is 9.64. The van der Waals surface area contributed by atoms with E-state index < -0.39 is 5.97 Å². The van der Waals surface area contributed by atoms with Crippen LogP contribution in [-0.4, -0.2) is 34.4 Å². The normalized spacial score (nSPS) is 30.7. The molecule has 1 aliphatic carbocycles. The number of aliphatic carboxylic acids is 1. The molecule has 3 unspecified atom stereocenters. The van der Waals surface area contributed by atoms with Gasteiger partial charge in [0.25, 0.3) is 0 Å². The topological polar surface area (TPSA) is 69.6 Å². The number of rotatable bonds is 5. The third-order valence-electron chi connectivity index (χ3n) is 3.49. The Balaban J connectivity index is 2.27. The number of nitrogens with one attached hydrogen (secondary N) is 1. The van der Waals surface area contributed by atoms with Crippen molar-refractivity contribution >= 4 is 5.97 Å². The molecule has 0 aromatic heterocycles. The van der Waals surface area contributed by atoms with E-state index in [0.717, 1.165) is 6.42 Å². The van der Waals surface area contributed by atoms with Crippen LogP contribution in [0.4, 0.5) is 0 Å². The number of aliphatic hydroxyl groups excluding tert-OH is 1. The number of aliphatic hydroxyl groups is 1. The second-order valence-electron chi connectivity index (χ2n) is 5.13. The quantitative estimate of drug-likeness (QED) is 0.639. The van der Waals surface area contributed by atoms with E-state index in [4.69, 9.17) is 5.11 Å². The largest absolute Gasteiger partial charge is 0.481 e. The predicted molar refractivity (Wildman–Crippen MR) is 57.7 cm³/mol. The molecule has 0 aliphatic heterocycles. The van der Waals surface area contributed by atoms with Crippen LogP contribution in [-0.2, 0) is 4.79 Å². The van der Waals surface area contributed by atoms with Crippen molar-refractivity contribution in [2.24, 2.45) is 5.41 Å². The first kappa shape index (κ1) is 12.5. The monoisotopic (exact) mass is 215 g/mol. The zero-order valence-corrected chi connectivity index (χ0v) is 9.66. The van der Waals surface area contributed by atoms with Crippen LogP contribution >= 0.6 is 0 Å². The van der Waals surface area contributed by atoms with Crippen LogP contribution < -0.4 is 5.32 Å². The van der Waals surface area contributed by atoms with E-state index in [9.17, 15) is 9.90 Å². The van der Waals surface area contributed by atoms with Gasteiger partial charge in [0, 0.05) is 23.9 Å². The lowest BCUT2D eigenvalue weighted by Crippen LogP contribution is -2.61. The van der Waals surface area contributed by atoms with Gasteiger partial charge in [-0.1, -0.05) is 13.8 Å². The van der Waals surface area contributed by atoms with Gasteiger partial charge in [0.2, 0.25) is 0 Å². The minimum absolute atomic E-state index is 0.0858. The first-order valence-corrected chi connectivity index (χ1v) is 5.50. The Morgan fingerprint density at radius 3 is 2.60 bits per heavy atom. The van der Waals surface area contributed by atoms with Gasteiger partial charge in [-0.3, -0.25) is 4.79 Å². The summed E-state index contributed by atoms with van der Waals surface area (Å²) in [5, 5.41) is 21.5. The maximum Gasteiger partial charge on any atom is 0.303 e. The number of carboxylic acids is 1. The van der Waals surface area contributed by atoms with Crippen molar-refractivity contribution in [1.29, 1.82) is 0 Å². The van der Waals surface area contributed by atoms with Crippen molar-refractivity contribution in [3.63, 3.8) is 0 Å². The van der Waals surface area contributed by atoms with Crippen molar-refractivity contribution in [2.45, 2.75) is 58.2 Å². The summed E-state index contributed by atoms with van der Waals surface area (Å²) in [6.45, 7) is 6.05. The number of hydrogen-bond donors (Lipinski definition) is 3.